The highest BCUT2D eigenvalue weighted by atomic mass is 19.3. The van der Waals surface area contributed by atoms with Gasteiger partial charge in [-0.2, -0.15) is 0 Å². The van der Waals surface area contributed by atoms with Gasteiger partial charge in [-0.15, -0.1) is 0 Å². The van der Waals surface area contributed by atoms with Gasteiger partial charge in [0.1, 0.15) is 5.82 Å². The van der Waals surface area contributed by atoms with Crippen molar-refractivity contribution in [2.24, 2.45) is 5.73 Å². The number of alkyl halides is 2. The van der Waals surface area contributed by atoms with Crippen LogP contribution in [0.2, 0.25) is 0 Å². The highest BCUT2D eigenvalue weighted by molar-refractivity contribution is 5.38. The number of hydrogen-bond acceptors (Lipinski definition) is 3. The smallest absolute Gasteiger partial charge is 0.255 e. The van der Waals surface area contributed by atoms with E-state index in [1.54, 1.807) is 25.2 Å². The van der Waals surface area contributed by atoms with E-state index in [0.717, 1.165) is 0 Å². The maximum absolute atomic E-state index is 12.1. The Morgan fingerprint density at radius 3 is 2.79 bits per heavy atom. The minimum absolute atomic E-state index is 0.316. The number of aromatic nitrogens is 1. The van der Waals surface area contributed by atoms with E-state index in [2.05, 4.69) is 4.98 Å². The first kappa shape index (κ1) is 10.8. The molecule has 1 aromatic rings. The molecule has 78 valence electrons. The molecule has 0 spiro atoms. The predicted octanol–water partition coefficient (Wildman–Crippen LogP) is 1.24. The van der Waals surface area contributed by atoms with Crippen LogP contribution in [0.5, 0.6) is 0 Å². The topological polar surface area (TPSA) is 42.1 Å². The summed E-state index contributed by atoms with van der Waals surface area (Å²) in [6, 6.07) is 5.20. The van der Waals surface area contributed by atoms with Crippen molar-refractivity contribution in [1.29, 1.82) is 0 Å². The molecule has 3 nitrogen and oxygen atoms in total. The third kappa shape index (κ3) is 2.92. The molecule has 2 N–H and O–H groups in total. The van der Waals surface area contributed by atoms with Gasteiger partial charge in [0.2, 0.25) is 0 Å². The molecule has 1 heterocycles. The van der Waals surface area contributed by atoms with Crippen molar-refractivity contribution in [3.63, 3.8) is 0 Å². The molecule has 1 rings (SSSR count). The van der Waals surface area contributed by atoms with Gasteiger partial charge in [-0.25, -0.2) is 13.8 Å². The Bertz CT molecular complexity index is 291. The van der Waals surface area contributed by atoms with Gasteiger partial charge in [0.25, 0.3) is 6.43 Å². The molecule has 0 aliphatic heterocycles. The molecule has 0 aliphatic carbocycles. The van der Waals surface area contributed by atoms with E-state index in [1.165, 1.54) is 4.90 Å². The lowest BCUT2D eigenvalue weighted by molar-refractivity contribution is 0.156. The molecule has 0 saturated carbocycles. The monoisotopic (exact) mass is 201 g/mol. The summed E-state index contributed by atoms with van der Waals surface area (Å²) in [6.45, 7) is -0.00260. The number of nitrogens with two attached hydrogens (primary N) is 1. The van der Waals surface area contributed by atoms with Crippen LogP contribution in [0.3, 0.4) is 0 Å². The van der Waals surface area contributed by atoms with Crippen molar-refractivity contribution >= 4 is 5.82 Å². The van der Waals surface area contributed by atoms with Crippen molar-refractivity contribution in [3.8, 4) is 0 Å². The lowest BCUT2D eigenvalue weighted by Gasteiger charge is -2.17. The molecule has 0 amide bonds. The van der Waals surface area contributed by atoms with E-state index in [-0.39, 0.29) is 6.54 Å². The zero-order chi connectivity index (χ0) is 10.6. The summed E-state index contributed by atoms with van der Waals surface area (Å²) in [4.78, 5) is 5.52. The number of hydrogen-bond donors (Lipinski definition) is 1. The van der Waals surface area contributed by atoms with Crippen molar-refractivity contribution in [2.45, 2.75) is 13.0 Å². The van der Waals surface area contributed by atoms with Gasteiger partial charge in [-0.1, -0.05) is 6.07 Å². The molecule has 0 aromatic carbocycles. The molecule has 0 radical (unpaired) electrons. The average molecular weight is 201 g/mol. The van der Waals surface area contributed by atoms with Gasteiger partial charge < -0.3 is 10.6 Å². The first-order valence-electron chi connectivity index (χ1n) is 4.28. The Kier molecular flexibility index (Phi) is 3.76. The lowest BCUT2D eigenvalue weighted by atomic mass is 10.3. The van der Waals surface area contributed by atoms with Crippen LogP contribution in [-0.2, 0) is 6.54 Å². The Balaban J connectivity index is 2.73. The third-order valence-electron chi connectivity index (χ3n) is 1.80. The van der Waals surface area contributed by atoms with E-state index in [9.17, 15) is 8.78 Å². The van der Waals surface area contributed by atoms with Crippen molar-refractivity contribution in [3.05, 3.63) is 23.9 Å². The van der Waals surface area contributed by atoms with Crippen LogP contribution in [0.4, 0.5) is 14.6 Å². The summed E-state index contributed by atoms with van der Waals surface area (Å²) in [6.07, 6.45) is -2.36. The first-order valence-corrected chi connectivity index (χ1v) is 4.28. The van der Waals surface area contributed by atoms with Crippen molar-refractivity contribution < 1.29 is 8.78 Å². The lowest BCUT2D eigenvalue weighted by Crippen LogP contribution is -2.25. The minimum atomic E-state index is -2.36. The quantitative estimate of drug-likeness (QED) is 0.797. The van der Waals surface area contributed by atoms with E-state index in [0.29, 0.717) is 18.1 Å². The molecule has 1 aromatic heterocycles. The maximum Gasteiger partial charge on any atom is 0.255 e. The Labute approximate surface area is 81.5 Å². The molecule has 0 aliphatic rings. The third-order valence-corrected chi connectivity index (χ3v) is 1.80. The Morgan fingerprint density at radius 2 is 2.21 bits per heavy atom. The summed E-state index contributed by atoms with van der Waals surface area (Å²) in [5, 5.41) is 0. The number of halogens is 2. The summed E-state index contributed by atoms with van der Waals surface area (Å²) < 4.78 is 24.1. The van der Waals surface area contributed by atoms with Crippen LogP contribution < -0.4 is 10.6 Å². The number of nitrogens with zero attached hydrogens (tertiary/aromatic N) is 2. The molecule has 5 heteroatoms. The van der Waals surface area contributed by atoms with Gasteiger partial charge in [-0.05, 0) is 12.1 Å². The van der Waals surface area contributed by atoms with Gasteiger partial charge in [0.15, 0.2) is 0 Å². The number of anilines is 1. The molecule has 0 atom stereocenters. The standard InChI is InChI=1S/C9H13F2N3/c1-14(6-8(10)11)9-4-2-3-7(5-12)13-9/h2-4,8H,5-6,12H2,1H3. The Hall–Kier alpha value is -1.23. The van der Waals surface area contributed by atoms with Crippen LogP contribution in [-0.4, -0.2) is 25.0 Å². The number of pyridine rings is 1. The van der Waals surface area contributed by atoms with Crippen LogP contribution in [0, 0.1) is 0 Å². The van der Waals surface area contributed by atoms with E-state index < -0.39 is 6.43 Å². The summed E-state index contributed by atoms with van der Waals surface area (Å²) >= 11 is 0. The molecule has 0 unspecified atom stereocenters. The van der Waals surface area contributed by atoms with Crippen LogP contribution >= 0.6 is 0 Å². The predicted molar refractivity (Wildman–Crippen MR) is 51.4 cm³/mol. The largest absolute Gasteiger partial charge is 0.354 e. The average Bonchev–Trinajstić information content (AvgIpc) is 2.17. The fraction of sp³-hybridized carbons (Fsp3) is 0.444. The van der Waals surface area contributed by atoms with Gasteiger partial charge in [-0.3, -0.25) is 0 Å². The summed E-state index contributed by atoms with van der Waals surface area (Å²) in [5.41, 5.74) is 6.09. The van der Waals surface area contributed by atoms with Gasteiger partial charge >= 0.3 is 0 Å². The maximum atomic E-state index is 12.1. The molecule has 14 heavy (non-hydrogen) atoms. The van der Waals surface area contributed by atoms with E-state index in [1.807, 2.05) is 0 Å². The molecule has 0 saturated heterocycles. The highest BCUT2D eigenvalue weighted by Gasteiger charge is 2.09. The van der Waals surface area contributed by atoms with Gasteiger partial charge in [0.05, 0.1) is 12.2 Å². The SMILES string of the molecule is CN(CC(F)F)c1cccc(CN)n1. The van der Waals surface area contributed by atoms with Crippen LogP contribution in [0.25, 0.3) is 0 Å². The summed E-state index contributed by atoms with van der Waals surface area (Å²) in [7, 11) is 1.58. The van der Waals surface area contributed by atoms with Gasteiger partial charge in [0, 0.05) is 13.6 Å². The Morgan fingerprint density at radius 1 is 1.50 bits per heavy atom. The summed E-state index contributed by atoms with van der Waals surface area (Å²) in [5.74, 6) is 0.522. The second kappa shape index (κ2) is 4.85. The first-order chi connectivity index (χ1) is 6.63. The molecular weight excluding hydrogens is 188 g/mol. The fourth-order valence-corrected chi connectivity index (χ4v) is 1.09. The minimum Gasteiger partial charge on any atom is -0.354 e. The second-order valence-corrected chi connectivity index (χ2v) is 2.96. The van der Waals surface area contributed by atoms with Crippen LogP contribution in [0.15, 0.2) is 18.2 Å². The van der Waals surface area contributed by atoms with E-state index in [4.69, 9.17) is 5.73 Å². The normalized spacial score (nSPS) is 10.6. The highest BCUT2D eigenvalue weighted by Crippen LogP contribution is 2.10. The molecule has 0 bridgehead atoms. The zero-order valence-electron chi connectivity index (χ0n) is 7.95. The molecule has 0 fully saturated rings. The fourth-order valence-electron chi connectivity index (χ4n) is 1.09. The van der Waals surface area contributed by atoms with E-state index >= 15 is 0 Å². The molecular formula is C9H13F2N3. The van der Waals surface area contributed by atoms with Crippen molar-refractivity contribution in [1.82, 2.24) is 4.98 Å². The number of rotatable bonds is 4. The second-order valence-electron chi connectivity index (χ2n) is 2.96. The zero-order valence-corrected chi connectivity index (χ0v) is 7.95. The van der Waals surface area contributed by atoms with Crippen LogP contribution in [0.1, 0.15) is 5.69 Å². The van der Waals surface area contributed by atoms with Crippen molar-refractivity contribution in [2.75, 3.05) is 18.5 Å².